The maximum Gasteiger partial charge on any atom is 0.269 e. The summed E-state index contributed by atoms with van der Waals surface area (Å²) >= 11 is 5.91. The molecule has 1 N–H and O–H groups in total. The van der Waals surface area contributed by atoms with Crippen LogP contribution < -0.4 is 10.3 Å². The average molecular weight is 494 g/mol. The Balaban J connectivity index is 1.59. The van der Waals surface area contributed by atoms with Gasteiger partial charge < -0.3 is 0 Å². The van der Waals surface area contributed by atoms with E-state index in [-0.39, 0.29) is 18.4 Å². The lowest BCUT2D eigenvalue weighted by Gasteiger charge is -2.28. The third-order valence-electron chi connectivity index (χ3n) is 5.57. The van der Waals surface area contributed by atoms with E-state index < -0.39 is 35.5 Å². The zero-order valence-corrected chi connectivity index (χ0v) is 19.2. The highest BCUT2D eigenvalue weighted by Crippen LogP contribution is 2.27. The predicted octanol–water partition coefficient (Wildman–Crippen LogP) is 3.92. The third kappa shape index (κ3) is 5.55. The molecule has 178 valence electrons. The molecule has 9 heteroatoms. The lowest BCUT2D eigenvalue weighted by atomic mass is 10.1. The first kappa shape index (κ1) is 24.1. The number of hydrogen-bond acceptors (Lipinski definition) is 4. The van der Waals surface area contributed by atoms with Crippen molar-refractivity contribution in [2.45, 2.75) is 25.3 Å². The Morgan fingerprint density at radius 2 is 1.71 bits per heavy atom. The van der Waals surface area contributed by atoms with Gasteiger partial charge in [-0.1, -0.05) is 48.0 Å². The van der Waals surface area contributed by atoms with Gasteiger partial charge in [0.1, 0.15) is 11.9 Å². The van der Waals surface area contributed by atoms with Gasteiger partial charge in [0, 0.05) is 17.0 Å². The first-order valence-electron chi connectivity index (χ1n) is 10.9. The van der Waals surface area contributed by atoms with Gasteiger partial charge >= 0.3 is 0 Å². The molecule has 1 heterocycles. The molecule has 1 fully saturated rings. The van der Waals surface area contributed by atoms with Crippen LogP contribution in [0.25, 0.3) is 0 Å². The van der Waals surface area contributed by atoms with Gasteiger partial charge in [0.05, 0.1) is 12.1 Å². The number of hydrogen-bond donors (Lipinski definition) is 1. The van der Waals surface area contributed by atoms with E-state index in [1.165, 1.54) is 30.3 Å². The molecule has 35 heavy (non-hydrogen) atoms. The van der Waals surface area contributed by atoms with Crippen LogP contribution in [0.2, 0.25) is 5.02 Å². The molecule has 0 spiro atoms. The van der Waals surface area contributed by atoms with E-state index in [1.54, 1.807) is 12.1 Å². The van der Waals surface area contributed by atoms with Crippen molar-refractivity contribution in [1.29, 1.82) is 0 Å². The molecule has 1 saturated heterocycles. The van der Waals surface area contributed by atoms with Gasteiger partial charge in [-0.15, -0.1) is 0 Å². The van der Waals surface area contributed by atoms with E-state index >= 15 is 0 Å². The minimum atomic E-state index is -1.25. The molecule has 4 amide bonds. The van der Waals surface area contributed by atoms with Crippen LogP contribution in [0.4, 0.5) is 10.1 Å². The van der Waals surface area contributed by atoms with Gasteiger partial charge in [0.15, 0.2) is 0 Å². The Morgan fingerprint density at radius 3 is 2.40 bits per heavy atom. The molecule has 1 unspecified atom stereocenters. The van der Waals surface area contributed by atoms with Crippen LogP contribution in [0.1, 0.15) is 28.8 Å². The number of carbonyl (C=O) groups is 4. The summed E-state index contributed by atoms with van der Waals surface area (Å²) in [4.78, 5) is 53.0. The molecule has 0 radical (unpaired) electrons. The number of aryl methyl sites for hydroxylation is 1. The molecule has 1 aliphatic heterocycles. The summed E-state index contributed by atoms with van der Waals surface area (Å²) in [6.07, 6.45) is 0.0239. The number of anilines is 1. The summed E-state index contributed by atoms with van der Waals surface area (Å²) < 4.78 is 13.6. The highest BCUT2D eigenvalue weighted by atomic mass is 35.5. The molecule has 1 aliphatic rings. The normalized spacial score (nSPS) is 15.3. The van der Waals surface area contributed by atoms with E-state index in [1.807, 2.05) is 30.3 Å². The van der Waals surface area contributed by atoms with Crippen LogP contribution in [0.3, 0.4) is 0 Å². The Kier molecular flexibility index (Phi) is 7.22. The first-order chi connectivity index (χ1) is 16.8. The van der Waals surface area contributed by atoms with Crippen molar-refractivity contribution in [3.05, 3.63) is 101 Å². The summed E-state index contributed by atoms with van der Waals surface area (Å²) in [5.74, 6) is -3.14. The average Bonchev–Trinajstić information content (AvgIpc) is 3.15. The second-order valence-electron chi connectivity index (χ2n) is 7.96. The van der Waals surface area contributed by atoms with E-state index in [9.17, 15) is 23.6 Å². The van der Waals surface area contributed by atoms with Crippen molar-refractivity contribution in [2.75, 3.05) is 4.90 Å². The Morgan fingerprint density at radius 1 is 1.00 bits per heavy atom. The van der Waals surface area contributed by atoms with Gasteiger partial charge in [0.2, 0.25) is 11.8 Å². The zero-order valence-electron chi connectivity index (χ0n) is 18.5. The first-order valence-corrected chi connectivity index (χ1v) is 11.3. The number of nitrogens with one attached hydrogen (secondary N) is 1. The minimum absolute atomic E-state index is 0.0215. The molecule has 0 aromatic heterocycles. The second kappa shape index (κ2) is 10.5. The number of amides is 4. The van der Waals surface area contributed by atoms with E-state index in [0.717, 1.165) is 21.5 Å². The molecular weight excluding hydrogens is 473 g/mol. The Bertz CT molecular complexity index is 1270. The molecule has 1 atom stereocenters. The SMILES string of the molecule is O=C(NN(C(=O)CCc1ccccc1)C1CC(=O)N(c2ccc(Cl)cc2)C1=O)c1cccc(F)c1. The maximum absolute atomic E-state index is 13.6. The van der Waals surface area contributed by atoms with Crippen LogP contribution in [0.15, 0.2) is 78.9 Å². The molecule has 0 saturated carbocycles. The smallest absolute Gasteiger partial charge is 0.269 e. The Labute approximate surface area is 206 Å². The minimum Gasteiger partial charge on any atom is -0.274 e. The summed E-state index contributed by atoms with van der Waals surface area (Å²) in [7, 11) is 0. The lowest BCUT2D eigenvalue weighted by molar-refractivity contribution is -0.141. The summed E-state index contributed by atoms with van der Waals surface area (Å²) in [5, 5.41) is 1.33. The van der Waals surface area contributed by atoms with Crippen molar-refractivity contribution in [3.63, 3.8) is 0 Å². The number of imide groups is 1. The highest BCUT2D eigenvalue weighted by Gasteiger charge is 2.45. The standard InChI is InChI=1S/C26H21ClFN3O4/c27-19-10-12-21(13-11-19)30-24(33)16-22(26(30)35)31(23(32)14-9-17-5-2-1-3-6-17)29-25(34)18-7-4-8-20(28)15-18/h1-8,10-13,15,22H,9,14,16H2,(H,29,34). The molecular formula is C26H21ClFN3O4. The number of rotatable bonds is 6. The van der Waals surface area contributed by atoms with Crippen molar-refractivity contribution >= 4 is 40.9 Å². The molecule has 4 rings (SSSR count). The largest absolute Gasteiger partial charge is 0.274 e. The predicted molar refractivity (Wildman–Crippen MR) is 128 cm³/mol. The summed E-state index contributed by atoms with van der Waals surface area (Å²) in [5.41, 5.74) is 3.60. The van der Waals surface area contributed by atoms with E-state index in [2.05, 4.69) is 5.43 Å². The van der Waals surface area contributed by atoms with Crippen molar-refractivity contribution in [2.24, 2.45) is 0 Å². The molecule has 7 nitrogen and oxygen atoms in total. The quantitative estimate of drug-likeness (QED) is 0.416. The summed E-state index contributed by atoms with van der Waals surface area (Å²) in [6, 6.07) is 19.1. The lowest BCUT2D eigenvalue weighted by Crippen LogP contribution is -2.54. The van der Waals surface area contributed by atoms with Crippen LogP contribution in [-0.4, -0.2) is 34.7 Å². The molecule has 0 aliphatic carbocycles. The fraction of sp³-hybridized carbons (Fsp3) is 0.154. The van der Waals surface area contributed by atoms with Crippen molar-refractivity contribution < 1.29 is 23.6 Å². The van der Waals surface area contributed by atoms with Gasteiger partial charge in [-0.05, 0) is 54.4 Å². The van der Waals surface area contributed by atoms with Gasteiger partial charge in [-0.25, -0.2) is 14.3 Å². The van der Waals surface area contributed by atoms with Crippen LogP contribution in [0, 0.1) is 5.82 Å². The van der Waals surface area contributed by atoms with Crippen LogP contribution in [0.5, 0.6) is 0 Å². The molecule has 0 bridgehead atoms. The Hall–Kier alpha value is -4.04. The van der Waals surface area contributed by atoms with E-state index in [0.29, 0.717) is 17.1 Å². The van der Waals surface area contributed by atoms with Gasteiger partial charge in [-0.3, -0.25) is 24.6 Å². The monoisotopic (exact) mass is 493 g/mol. The number of nitrogens with zero attached hydrogens (tertiary/aromatic N) is 2. The fourth-order valence-corrected chi connectivity index (χ4v) is 3.94. The van der Waals surface area contributed by atoms with Gasteiger partial charge in [-0.2, -0.15) is 0 Å². The van der Waals surface area contributed by atoms with Crippen LogP contribution in [-0.2, 0) is 20.8 Å². The van der Waals surface area contributed by atoms with Crippen molar-refractivity contribution in [3.8, 4) is 0 Å². The number of carbonyl (C=O) groups excluding carboxylic acids is 4. The second-order valence-corrected chi connectivity index (χ2v) is 8.40. The number of hydrazine groups is 1. The van der Waals surface area contributed by atoms with Crippen LogP contribution >= 0.6 is 11.6 Å². The maximum atomic E-state index is 13.6. The number of halogens is 2. The number of benzene rings is 3. The molecule has 3 aromatic carbocycles. The third-order valence-corrected chi connectivity index (χ3v) is 5.82. The highest BCUT2D eigenvalue weighted by molar-refractivity contribution is 6.31. The van der Waals surface area contributed by atoms with Gasteiger partial charge in [0.25, 0.3) is 11.8 Å². The zero-order chi connectivity index (χ0) is 24.9. The summed E-state index contributed by atoms with van der Waals surface area (Å²) in [6.45, 7) is 0. The molecule has 3 aromatic rings. The van der Waals surface area contributed by atoms with Crippen molar-refractivity contribution in [1.82, 2.24) is 10.4 Å². The van der Waals surface area contributed by atoms with E-state index in [4.69, 9.17) is 11.6 Å². The fourth-order valence-electron chi connectivity index (χ4n) is 3.81. The topological polar surface area (TPSA) is 86.8 Å².